The second-order valence-electron chi connectivity index (χ2n) is 4.79. The topological polar surface area (TPSA) is 58.6 Å². The largest absolute Gasteiger partial charge is 0.393 e. The van der Waals surface area contributed by atoms with E-state index in [2.05, 4.69) is 5.32 Å². The maximum atomic E-state index is 12.0. The summed E-state index contributed by atoms with van der Waals surface area (Å²) in [7, 11) is 1.62. The molecule has 1 amide bonds. The summed E-state index contributed by atoms with van der Waals surface area (Å²) in [5.74, 6) is 0.350. The molecule has 1 aliphatic carbocycles. The number of carbonyl (C=O) groups excluding carboxylic acids is 1. The average molecular weight is 249 g/mol. The van der Waals surface area contributed by atoms with Crippen molar-refractivity contribution in [3.8, 4) is 0 Å². The van der Waals surface area contributed by atoms with Gasteiger partial charge in [-0.25, -0.2) is 0 Å². The molecule has 0 aromatic heterocycles. The second-order valence-corrected chi connectivity index (χ2v) is 4.79. The molecular weight excluding hydrogens is 230 g/mol. The van der Waals surface area contributed by atoms with Crippen LogP contribution in [-0.2, 0) is 11.3 Å². The summed E-state index contributed by atoms with van der Waals surface area (Å²) < 4.78 is 5.08. The van der Waals surface area contributed by atoms with E-state index in [1.807, 2.05) is 18.2 Å². The maximum absolute atomic E-state index is 12.0. The van der Waals surface area contributed by atoms with Crippen LogP contribution in [0.4, 0.5) is 0 Å². The number of amides is 1. The number of ether oxygens (including phenoxy) is 1. The van der Waals surface area contributed by atoms with E-state index in [0.29, 0.717) is 24.6 Å². The lowest BCUT2D eigenvalue weighted by molar-refractivity contribution is 0.0420. The molecule has 18 heavy (non-hydrogen) atoms. The number of aliphatic hydroxyl groups excluding tert-OH is 1. The lowest BCUT2D eigenvalue weighted by Crippen LogP contribution is -2.38. The number of aliphatic hydroxyl groups is 1. The van der Waals surface area contributed by atoms with Crippen LogP contribution >= 0.6 is 0 Å². The van der Waals surface area contributed by atoms with Gasteiger partial charge in [0.05, 0.1) is 12.7 Å². The van der Waals surface area contributed by atoms with Crippen molar-refractivity contribution in [2.24, 2.45) is 5.92 Å². The Balaban J connectivity index is 1.91. The Labute approximate surface area is 107 Å². The van der Waals surface area contributed by atoms with Crippen LogP contribution in [0.25, 0.3) is 0 Å². The van der Waals surface area contributed by atoms with Crippen LogP contribution in [0.5, 0.6) is 0 Å². The van der Waals surface area contributed by atoms with Gasteiger partial charge in [0.2, 0.25) is 0 Å². The lowest BCUT2D eigenvalue weighted by atomic mass is 9.82. The van der Waals surface area contributed by atoms with Gasteiger partial charge in [-0.2, -0.15) is 0 Å². The van der Waals surface area contributed by atoms with Crippen molar-refractivity contribution in [2.75, 3.05) is 13.7 Å². The molecule has 0 atom stereocenters. The minimum absolute atomic E-state index is 0.0657. The molecule has 0 aliphatic heterocycles. The summed E-state index contributed by atoms with van der Waals surface area (Å²) >= 11 is 0. The SMILES string of the molecule is COCc1ccccc1C(=O)NCC1CC(O)C1. The van der Waals surface area contributed by atoms with Crippen molar-refractivity contribution in [1.29, 1.82) is 0 Å². The Morgan fingerprint density at radius 3 is 2.83 bits per heavy atom. The molecule has 0 unspecified atom stereocenters. The van der Waals surface area contributed by atoms with Gasteiger partial charge < -0.3 is 15.2 Å². The van der Waals surface area contributed by atoms with E-state index in [0.717, 1.165) is 18.4 Å². The molecule has 1 aromatic rings. The Hall–Kier alpha value is -1.39. The van der Waals surface area contributed by atoms with Gasteiger partial charge in [-0.3, -0.25) is 4.79 Å². The van der Waals surface area contributed by atoms with E-state index < -0.39 is 0 Å². The first-order valence-electron chi connectivity index (χ1n) is 6.23. The van der Waals surface area contributed by atoms with E-state index in [-0.39, 0.29) is 12.0 Å². The Kier molecular flexibility index (Phi) is 4.33. The molecule has 1 fully saturated rings. The fraction of sp³-hybridized carbons (Fsp3) is 0.500. The average Bonchev–Trinajstić information content (AvgIpc) is 2.34. The van der Waals surface area contributed by atoms with Gasteiger partial charge in [-0.15, -0.1) is 0 Å². The third-order valence-corrected chi connectivity index (χ3v) is 3.32. The molecule has 2 rings (SSSR count). The summed E-state index contributed by atoms with van der Waals surface area (Å²) in [5.41, 5.74) is 1.56. The van der Waals surface area contributed by atoms with Crippen LogP contribution in [-0.4, -0.2) is 30.8 Å². The highest BCUT2D eigenvalue weighted by Crippen LogP contribution is 2.26. The Morgan fingerprint density at radius 1 is 1.44 bits per heavy atom. The van der Waals surface area contributed by atoms with Gasteiger partial charge in [0.1, 0.15) is 0 Å². The summed E-state index contributed by atoms with van der Waals surface area (Å²) in [4.78, 5) is 12.0. The number of benzene rings is 1. The van der Waals surface area contributed by atoms with Gasteiger partial charge in [-0.1, -0.05) is 18.2 Å². The van der Waals surface area contributed by atoms with Gasteiger partial charge in [0.25, 0.3) is 5.91 Å². The van der Waals surface area contributed by atoms with Crippen LogP contribution < -0.4 is 5.32 Å². The Bertz CT molecular complexity index is 413. The minimum atomic E-state index is -0.173. The minimum Gasteiger partial charge on any atom is -0.393 e. The highest BCUT2D eigenvalue weighted by Gasteiger charge is 2.27. The monoisotopic (exact) mass is 249 g/mol. The third-order valence-electron chi connectivity index (χ3n) is 3.32. The summed E-state index contributed by atoms with van der Waals surface area (Å²) in [6, 6.07) is 7.44. The maximum Gasteiger partial charge on any atom is 0.251 e. The number of carbonyl (C=O) groups is 1. The molecular formula is C14H19NO3. The lowest BCUT2D eigenvalue weighted by Gasteiger charge is -2.31. The molecule has 2 N–H and O–H groups in total. The zero-order valence-electron chi connectivity index (χ0n) is 10.6. The zero-order chi connectivity index (χ0) is 13.0. The summed E-state index contributed by atoms with van der Waals surface area (Å²) in [6.45, 7) is 1.07. The van der Waals surface area contributed by atoms with Crippen LogP contribution in [0, 0.1) is 5.92 Å². The van der Waals surface area contributed by atoms with Crippen molar-refractivity contribution < 1.29 is 14.6 Å². The number of nitrogens with one attached hydrogen (secondary N) is 1. The molecule has 0 heterocycles. The summed E-state index contributed by atoms with van der Waals surface area (Å²) in [5, 5.41) is 12.1. The molecule has 1 saturated carbocycles. The predicted molar refractivity (Wildman–Crippen MR) is 68.2 cm³/mol. The van der Waals surface area contributed by atoms with Crippen LogP contribution in [0.1, 0.15) is 28.8 Å². The predicted octanol–water partition coefficient (Wildman–Crippen LogP) is 1.33. The van der Waals surface area contributed by atoms with E-state index >= 15 is 0 Å². The van der Waals surface area contributed by atoms with Crippen LogP contribution in [0.15, 0.2) is 24.3 Å². The zero-order valence-corrected chi connectivity index (χ0v) is 10.6. The first-order valence-corrected chi connectivity index (χ1v) is 6.23. The fourth-order valence-corrected chi connectivity index (χ4v) is 2.22. The Morgan fingerprint density at radius 2 is 2.17 bits per heavy atom. The van der Waals surface area contributed by atoms with Gasteiger partial charge in [0, 0.05) is 19.2 Å². The molecule has 4 nitrogen and oxygen atoms in total. The van der Waals surface area contributed by atoms with Crippen LogP contribution in [0.3, 0.4) is 0 Å². The molecule has 1 aliphatic rings. The molecule has 0 bridgehead atoms. The van der Waals surface area contributed by atoms with Crippen molar-refractivity contribution in [2.45, 2.75) is 25.6 Å². The van der Waals surface area contributed by atoms with Gasteiger partial charge >= 0.3 is 0 Å². The molecule has 1 aromatic carbocycles. The van der Waals surface area contributed by atoms with E-state index in [4.69, 9.17) is 4.74 Å². The van der Waals surface area contributed by atoms with Crippen molar-refractivity contribution >= 4 is 5.91 Å². The fourth-order valence-electron chi connectivity index (χ4n) is 2.22. The molecule has 98 valence electrons. The van der Waals surface area contributed by atoms with Gasteiger partial charge in [0.15, 0.2) is 0 Å². The smallest absolute Gasteiger partial charge is 0.251 e. The summed E-state index contributed by atoms with van der Waals surface area (Å²) in [6.07, 6.45) is 1.41. The van der Waals surface area contributed by atoms with Crippen molar-refractivity contribution in [1.82, 2.24) is 5.32 Å². The second kappa shape index (κ2) is 5.98. The number of rotatable bonds is 5. The first-order chi connectivity index (χ1) is 8.70. The van der Waals surface area contributed by atoms with E-state index in [1.165, 1.54) is 0 Å². The molecule has 0 saturated heterocycles. The number of methoxy groups -OCH3 is 1. The standard InChI is InChI=1S/C14H19NO3/c1-18-9-11-4-2-3-5-13(11)14(17)15-8-10-6-12(16)7-10/h2-5,10,12,16H,6-9H2,1H3,(H,15,17). The highest BCUT2D eigenvalue weighted by molar-refractivity contribution is 5.95. The highest BCUT2D eigenvalue weighted by atomic mass is 16.5. The molecule has 0 radical (unpaired) electrons. The van der Waals surface area contributed by atoms with E-state index in [9.17, 15) is 9.90 Å². The molecule has 4 heteroatoms. The van der Waals surface area contributed by atoms with Crippen molar-refractivity contribution in [3.63, 3.8) is 0 Å². The third kappa shape index (κ3) is 3.09. The normalized spacial score (nSPS) is 22.3. The van der Waals surface area contributed by atoms with Crippen molar-refractivity contribution in [3.05, 3.63) is 35.4 Å². The van der Waals surface area contributed by atoms with Crippen LogP contribution in [0.2, 0.25) is 0 Å². The van der Waals surface area contributed by atoms with Gasteiger partial charge in [-0.05, 0) is 30.4 Å². The quantitative estimate of drug-likeness (QED) is 0.827. The number of hydrogen-bond donors (Lipinski definition) is 2. The molecule has 0 spiro atoms. The number of hydrogen-bond acceptors (Lipinski definition) is 3. The first kappa shape index (κ1) is 13.1. The van der Waals surface area contributed by atoms with E-state index in [1.54, 1.807) is 13.2 Å².